The summed E-state index contributed by atoms with van der Waals surface area (Å²) in [6, 6.07) is 10.4. The second-order valence-corrected chi connectivity index (χ2v) is 9.59. The number of piperazine rings is 1. The van der Waals surface area contributed by atoms with Crippen molar-refractivity contribution in [3.63, 3.8) is 0 Å². The van der Waals surface area contributed by atoms with Crippen molar-refractivity contribution in [2.75, 3.05) is 31.1 Å². The van der Waals surface area contributed by atoms with Crippen LogP contribution in [-0.4, -0.2) is 44.0 Å². The maximum Gasteiger partial charge on any atom is 0.252 e. The highest BCUT2D eigenvalue weighted by molar-refractivity contribution is 9.11. The van der Waals surface area contributed by atoms with Crippen molar-refractivity contribution in [3.05, 3.63) is 40.2 Å². The highest BCUT2D eigenvalue weighted by atomic mass is 79.9. The van der Waals surface area contributed by atoms with Crippen LogP contribution in [0.1, 0.15) is 0 Å². The van der Waals surface area contributed by atoms with Crippen LogP contribution < -0.4 is 4.90 Å². The van der Waals surface area contributed by atoms with E-state index in [1.165, 1.54) is 15.6 Å². The van der Waals surface area contributed by atoms with Crippen LogP contribution in [0, 0.1) is 0 Å². The van der Waals surface area contributed by atoms with Crippen molar-refractivity contribution in [1.82, 2.24) is 4.31 Å². The average Bonchev–Trinajstić information content (AvgIpc) is 2.96. The Morgan fingerprint density at radius 3 is 2.18 bits per heavy atom. The van der Waals surface area contributed by atoms with Gasteiger partial charge in [0.05, 0.1) is 3.79 Å². The lowest BCUT2D eigenvalue weighted by Crippen LogP contribution is -2.48. The van der Waals surface area contributed by atoms with E-state index in [9.17, 15) is 13.5 Å². The molecule has 1 N–H and O–H groups in total. The van der Waals surface area contributed by atoms with Crippen molar-refractivity contribution < 1.29 is 13.5 Å². The van der Waals surface area contributed by atoms with Gasteiger partial charge in [-0.3, -0.25) is 0 Å². The van der Waals surface area contributed by atoms with Crippen molar-refractivity contribution in [1.29, 1.82) is 0 Å². The fourth-order valence-electron chi connectivity index (χ4n) is 2.41. The van der Waals surface area contributed by atoms with Crippen LogP contribution in [0.2, 0.25) is 0 Å². The molecule has 0 atom stereocenters. The van der Waals surface area contributed by atoms with Crippen LogP contribution in [0.3, 0.4) is 0 Å². The predicted octanol–water partition coefficient (Wildman–Crippen LogP) is 2.73. The Bertz CT molecular complexity index is 751. The maximum atomic E-state index is 12.6. The van der Waals surface area contributed by atoms with E-state index in [-0.39, 0.29) is 5.75 Å². The molecule has 0 aliphatic carbocycles. The lowest BCUT2D eigenvalue weighted by molar-refractivity contribution is 0.386. The van der Waals surface area contributed by atoms with E-state index >= 15 is 0 Å². The number of nitrogens with zero attached hydrogens (tertiary/aromatic N) is 2. The molecule has 22 heavy (non-hydrogen) atoms. The van der Waals surface area contributed by atoms with Crippen LogP contribution in [0.15, 0.2) is 44.4 Å². The summed E-state index contributed by atoms with van der Waals surface area (Å²) in [5.74, 6) is 0.230. The standard InChI is InChI=1S/C14H15BrN2O3S2/c15-13-5-6-14(21-13)22(19,20)17-9-7-16(8-10-17)11-1-3-12(18)4-2-11/h1-6,18H,7-10H2. The fraction of sp³-hybridized carbons (Fsp3) is 0.286. The zero-order valence-corrected chi connectivity index (χ0v) is 14.9. The summed E-state index contributed by atoms with van der Waals surface area (Å²) in [6.45, 7) is 2.19. The Labute approximate surface area is 142 Å². The van der Waals surface area contributed by atoms with Gasteiger partial charge in [0.1, 0.15) is 9.96 Å². The second-order valence-electron chi connectivity index (χ2n) is 4.97. The Morgan fingerprint density at radius 1 is 1.00 bits per heavy atom. The van der Waals surface area contributed by atoms with Crippen LogP contribution >= 0.6 is 27.3 Å². The summed E-state index contributed by atoms with van der Waals surface area (Å²) in [5.41, 5.74) is 0.994. The second kappa shape index (κ2) is 6.19. The Balaban J connectivity index is 1.70. The molecule has 1 saturated heterocycles. The lowest BCUT2D eigenvalue weighted by atomic mass is 10.2. The van der Waals surface area contributed by atoms with Gasteiger partial charge >= 0.3 is 0 Å². The van der Waals surface area contributed by atoms with Crippen LogP contribution in [0.25, 0.3) is 0 Å². The van der Waals surface area contributed by atoms with E-state index in [1.807, 2.05) is 12.1 Å². The topological polar surface area (TPSA) is 60.9 Å². The molecular formula is C14H15BrN2O3S2. The average molecular weight is 403 g/mol. The number of aromatic hydroxyl groups is 1. The van der Waals surface area contributed by atoms with E-state index in [0.29, 0.717) is 30.4 Å². The number of benzene rings is 1. The van der Waals surface area contributed by atoms with Gasteiger partial charge in [0.2, 0.25) is 0 Å². The van der Waals surface area contributed by atoms with Crippen molar-refractivity contribution in [2.24, 2.45) is 0 Å². The quantitative estimate of drug-likeness (QED) is 0.856. The zero-order valence-electron chi connectivity index (χ0n) is 11.6. The number of phenols is 1. The number of thiophene rings is 1. The number of hydrogen-bond donors (Lipinski definition) is 1. The molecule has 0 spiro atoms. The number of halogens is 1. The SMILES string of the molecule is O=S(=O)(c1ccc(Br)s1)N1CCN(c2ccc(O)cc2)CC1. The third-order valence-corrected chi connectivity index (χ3v) is 7.59. The first-order valence-electron chi connectivity index (χ1n) is 6.76. The van der Waals surface area contributed by atoms with Crippen LogP contribution in [0.4, 0.5) is 5.69 Å². The van der Waals surface area contributed by atoms with Crippen molar-refractivity contribution in [2.45, 2.75) is 4.21 Å². The molecule has 1 aromatic carbocycles. The first kappa shape index (κ1) is 15.8. The fourth-order valence-corrected chi connectivity index (χ4v) is 6.00. The monoisotopic (exact) mass is 402 g/mol. The summed E-state index contributed by atoms with van der Waals surface area (Å²) in [6.07, 6.45) is 0. The maximum absolute atomic E-state index is 12.6. The van der Waals surface area contributed by atoms with E-state index < -0.39 is 10.0 Å². The Morgan fingerprint density at radius 2 is 1.64 bits per heavy atom. The van der Waals surface area contributed by atoms with Crippen LogP contribution in [-0.2, 0) is 10.0 Å². The minimum atomic E-state index is -3.40. The van der Waals surface area contributed by atoms with Gasteiger partial charge in [0.15, 0.2) is 0 Å². The predicted molar refractivity (Wildman–Crippen MR) is 91.1 cm³/mol. The number of anilines is 1. The number of phenolic OH excluding ortho intramolecular Hbond substituents is 1. The minimum Gasteiger partial charge on any atom is -0.508 e. The van der Waals surface area contributed by atoms with Gasteiger partial charge in [-0.05, 0) is 52.3 Å². The number of sulfonamides is 1. The smallest absolute Gasteiger partial charge is 0.252 e. The molecule has 8 heteroatoms. The lowest BCUT2D eigenvalue weighted by Gasteiger charge is -2.35. The molecule has 2 heterocycles. The molecule has 0 unspecified atom stereocenters. The van der Waals surface area contributed by atoms with Crippen molar-refractivity contribution >= 4 is 43.0 Å². The zero-order chi connectivity index (χ0) is 15.7. The summed E-state index contributed by atoms with van der Waals surface area (Å²) >= 11 is 4.53. The highest BCUT2D eigenvalue weighted by Crippen LogP contribution is 2.29. The Hall–Kier alpha value is -1.09. The molecule has 0 saturated carbocycles. The van der Waals surface area contributed by atoms with Gasteiger partial charge in [-0.15, -0.1) is 11.3 Å². The first-order chi connectivity index (χ1) is 10.5. The third-order valence-electron chi connectivity index (χ3n) is 3.60. The summed E-state index contributed by atoms with van der Waals surface area (Å²) in [5, 5.41) is 9.32. The molecule has 0 amide bonds. The van der Waals surface area contributed by atoms with Crippen LogP contribution in [0.5, 0.6) is 5.75 Å². The highest BCUT2D eigenvalue weighted by Gasteiger charge is 2.29. The largest absolute Gasteiger partial charge is 0.508 e. The van der Waals surface area contributed by atoms with Gasteiger partial charge in [0, 0.05) is 31.9 Å². The molecule has 3 rings (SSSR count). The van der Waals surface area contributed by atoms with Crippen molar-refractivity contribution in [3.8, 4) is 5.75 Å². The van der Waals surface area contributed by atoms with E-state index in [4.69, 9.17) is 0 Å². The molecule has 0 radical (unpaired) electrons. The number of hydrogen-bond acceptors (Lipinski definition) is 5. The first-order valence-corrected chi connectivity index (χ1v) is 9.81. The van der Waals surface area contributed by atoms with E-state index in [1.54, 1.807) is 24.3 Å². The summed E-state index contributed by atoms with van der Waals surface area (Å²) in [4.78, 5) is 2.12. The minimum absolute atomic E-state index is 0.230. The molecule has 118 valence electrons. The summed E-state index contributed by atoms with van der Waals surface area (Å²) in [7, 11) is -3.40. The summed E-state index contributed by atoms with van der Waals surface area (Å²) < 4.78 is 27.8. The molecule has 0 bridgehead atoms. The van der Waals surface area contributed by atoms with E-state index in [2.05, 4.69) is 20.8 Å². The van der Waals surface area contributed by atoms with Gasteiger partial charge in [-0.1, -0.05) is 0 Å². The molecule has 5 nitrogen and oxygen atoms in total. The van der Waals surface area contributed by atoms with Gasteiger partial charge in [-0.25, -0.2) is 8.42 Å². The number of rotatable bonds is 3. The molecule has 1 aliphatic heterocycles. The van der Waals surface area contributed by atoms with Gasteiger partial charge in [-0.2, -0.15) is 4.31 Å². The third kappa shape index (κ3) is 3.15. The van der Waals surface area contributed by atoms with Gasteiger partial charge in [0.25, 0.3) is 10.0 Å². The van der Waals surface area contributed by atoms with E-state index in [0.717, 1.165) is 9.47 Å². The van der Waals surface area contributed by atoms with Gasteiger partial charge < -0.3 is 10.0 Å². The molecule has 1 fully saturated rings. The Kier molecular flexibility index (Phi) is 4.44. The molecule has 1 aromatic heterocycles. The molecule has 2 aromatic rings. The normalized spacial score (nSPS) is 16.9. The molecule has 1 aliphatic rings. The molecular weight excluding hydrogens is 388 g/mol.